The highest BCUT2D eigenvalue weighted by atomic mass is 32.2. The smallest absolute Gasteiger partial charge is 0.323 e. The average Bonchev–Trinajstić information content (AvgIpc) is 3.60. The zero-order valence-corrected chi connectivity index (χ0v) is 19.8. The number of pyridine rings is 1. The molecule has 2 saturated heterocycles. The second-order valence-electron chi connectivity index (χ2n) is 9.19. The molecule has 3 fully saturated rings. The van der Waals surface area contributed by atoms with Gasteiger partial charge in [0.15, 0.2) is 0 Å². The monoisotopic (exact) mass is 467 g/mol. The minimum Gasteiger partial charge on any atom is -0.474 e. The lowest BCUT2D eigenvalue weighted by Crippen LogP contribution is -2.40. The van der Waals surface area contributed by atoms with Crippen molar-refractivity contribution in [1.29, 1.82) is 0 Å². The van der Waals surface area contributed by atoms with E-state index in [1.807, 2.05) is 24.3 Å². The summed E-state index contributed by atoms with van der Waals surface area (Å²) in [5.41, 5.74) is 2.61. The number of rotatable bonds is 7. The van der Waals surface area contributed by atoms with Crippen LogP contribution < -0.4 is 25.6 Å². The molecule has 1 aromatic heterocycles. The molecule has 0 bridgehead atoms. The fourth-order valence-electron chi connectivity index (χ4n) is 4.88. The van der Waals surface area contributed by atoms with Crippen LogP contribution in [0.2, 0.25) is 0 Å². The van der Waals surface area contributed by atoms with Crippen LogP contribution in [0, 0.1) is 0 Å². The zero-order valence-electron chi connectivity index (χ0n) is 19.0. The molecule has 3 heterocycles. The molecule has 5 rings (SSSR count). The molecule has 176 valence electrons. The van der Waals surface area contributed by atoms with Crippen LogP contribution in [0.25, 0.3) is 0 Å². The van der Waals surface area contributed by atoms with Gasteiger partial charge in [0.25, 0.3) is 0 Å². The Balaban J connectivity index is 1.08. The second-order valence-corrected chi connectivity index (χ2v) is 10.3. The van der Waals surface area contributed by atoms with Gasteiger partial charge in [-0.2, -0.15) is 11.8 Å². The Morgan fingerprint density at radius 2 is 1.76 bits per heavy atom. The molecule has 33 heavy (non-hydrogen) atoms. The molecule has 2 amide bonds. The maximum atomic E-state index is 12.4. The van der Waals surface area contributed by atoms with Gasteiger partial charge in [0, 0.05) is 48.4 Å². The Morgan fingerprint density at radius 1 is 0.970 bits per heavy atom. The Kier molecular flexibility index (Phi) is 7.21. The van der Waals surface area contributed by atoms with Crippen LogP contribution >= 0.6 is 11.8 Å². The van der Waals surface area contributed by atoms with E-state index in [0.29, 0.717) is 23.7 Å². The zero-order chi connectivity index (χ0) is 22.5. The van der Waals surface area contributed by atoms with E-state index < -0.39 is 0 Å². The second kappa shape index (κ2) is 10.7. The molecular formula is C25H33N5O2S. The number of anilines is 3. The number of carbonyl (C=O) groups excluding carboxylic acids is 1. The number of amides is 2. The molecule has 0 radical (unpaired) electrons. The van der Waals surface area contributed by atoms with Crippen LogP contribution in [0.15, 0.2) is 42.6 Å². The Labute approximate surface area is 200 Å². The summed E-state index contributed by atoms with van der Waals surface area (Å²) in [6.45, 7) is 2.11. The molecule has 3 aliphatic rings. The first kappa shape index (κ1) is 22.3. The SMILES string of the molecule is O=C(Nc1ccc(N2CCC(NC3CCSC3)C2)cc1)Nc1ccc(OC2CCCC2)nc1. The molecule has 7 nitrogen and oxygen atoms in total. The highest BCUT2D eigenvalue weighted by Gasteiger charge is 2.26. The normalized spacial score (nSPS) is 23.1. The third-order valence-corrected chi connectivity index (χ3v) is 7.83. The van der Waals surface area contributed by atoms with Gasteiger partial charge >= 0.3 is 6.03 Å². The maximum absolute atomic E-state index is 12.4. The predicted molar refractivity (Wildman–Crippen MR) is 136 cm³/mol. The number of carbonyl (C=O) groups is 1. The van der Waals surface area contributed by atoms with Crippen LogP contribution in [0.3, 0.4) is 0 Å². The first-order valence-corrected chi connectivity index (χ1v) is 13.3. The number of urea groups is 1. The number of nitrogens with zero attached hydrogens (tertiary/aromatic N) is 2. The minimum absolute atomic E-state index is 0.275. The molecule has 1 saturated carbocycles. The van der Waals surface area contributed by atoms with Crippen molar-refractivity contribution in [3.8, 4) is 5.88 Å². The van der Waals surface area contributed by atoms with Gasteiger partial charge in [-0.15, -0.1) is 0 Å². The first-order valence-electron chi connectivity index (χ1n) is 12.1. The summed E-state index contributed by atoms with van der Waals surface area (Å²) < 4.78 is 5.88. The van der Waals surface area contributed by atoms with Gasteiger partial charge in [0.2, 0.25) is 5.88 Å². The molecule has 0 spiro atoms. The van der Waals surface area contributed by atoms with Crippen molar-refractivity contribution in [3.63, 3.8) is 0 Å². The van der Waals surface area contributed by atoms with E-state index in [9.17, 15) is 4.79 Å². The Bertz CT molecular complexity index is 911. The molecule has 2 unspecified atom stereocenters. The van der Waals surface area contributed by atoms with Crippen molar-refractivity contribution in [2.45, 2.75) is 56.7 Å². The quantitative estimate of drug-likeness (QED) is 0.547. The summed E-state index contributed by atoms with van der Waals surface area (Å²) in [6.07, 6.45) is 9.02. The average molecular weight is 468 g/mol. The number of benzene rings is 1. The summed E-state index contributed by atoms with van der Waals surface area (Å²) in [7, 11) is 0. The van der Waals surface area contributed by atoms with Crippen molar-refractivity contribution in [3.05, 3.63) is 42.6 Å². The third kappa shape index (κ3) is 6.12. The molecule has 8 heteroatoms. The van der Waals surface area contributed by atoms with E-state index in [1.165, 1.54) is 42.9 Å². The summed E-state index contributed by atoms with van der Waals surface area (Å²) >= 11 is 2.05. The lowest BCUT2D eigenvalue weighted by molar-refractivity contribution is 0.201. The van der Waals surface area contributed by atoms with Gasteiger partial charge in [-0.25, -0.2) is 9.78 Å². The van der Waals surface area contributed by atoms with Gasteiger partial charge in [-0.3, -0.25) is 0 Å². The van der Waals surface area contributed by atoms with Crippen LogP contribution in [0.4, 0.5) is 21.9 Å². The van der Waals surface area contributed by atoms with Crippen LogP contribution in [0.1, 0.15) is 38.5 Å². The number of hydrogen-bond acceptors (Lipinski definition) is 6. The third-order valence-electron chi connectivity index (χ3n) is 6.66. The molecule has 2 aliphatic heterocycles. The first-order chi connectivity index (χ1) is 16.2. The van der Waals surface area contributed by atoms with Crippen LogP contribution in [0.5, 0.6) is 5.88 Å². The van der Waals surface area contributed by atoms with Gasteiger partial charge in [-0.05, 0) is 74.6 Å². The largest absolute Gasteiger partial charge is 0.474 e. The van der Waals surface area contributed by atoms with Crippen molar-refractivity contribution < 1.29 is 9.53 Å². The van der Waals surface area contributed by atoms with E-state index >= 15 is 0 Å². The molecule has 2 aromatic rings. The standard InChI is InChI=1S/C25H33N5O2S/c31-25(29-19-7-10-24(26-15-19)32-23-3-1-2-4-23)28-18-5-8-22(9-6-18)30-13-11-20(16-30)27-21-12-14-33-17-21/h5-10,15,20-21,23,27H,1-4,11-14,16-17H2,(H2,28,29,31). The molecule has 1 aliphatic carbocycles. The van der Waals surface area contributed by atoms with Crippen LogP contribution in [-0.2, 0) is 0 Å². The highest BCUT2D eigenvalue weighted by molar-refractivity contribution is 7.99. The lowest BCUT2D eigenvalue weighted by Gasteiger charge is -2.21. The molecule has 2 atom stereocenters. The molecular weight excluding hydrogens is 434 g/mol. The number of thioether (sulfide) groups is 1. The number of ether oxygens (including phenoxy) is 1. The van der Waals surface area contributed by atoms with E-state index in [2.05, 4.69) is 49.7 Å². The maximum Gasteiger partial charge on any atom is 0.323 e. The van der Waals surface area contributed by atoms with Gasteiger partial charge in [0.1, 0.15) is 6.10 Å². The van der Waals surface area contributed by atoms with Gasteiger partial charge in [0.05, 0.1) is 11.9 Å². The minimum atomic E-state index is -0.283. The lowest BCUT2D eigenvalue weighted by atomic mass is 10.2. The number of aromatic nitrogens is 1. The van der Waals surface area contributed by atoms with Crippen molar-refractivity contribution in [2.24, 2.45) is 0 Å². The van der Waals surface area contributed by atoms with Gasteiger partial charge < -0.3 is 25.6 Å². The van der Waals surface area contributed by atoms with Crippen molar-refractivity contribution >= 4 is 34.9 Å². The number of hydrogen-bond donors (Lipinski definition) is 3. The number of nitrogens with one attached hydrogen (secondary N) is 3. The molecule has 3 N–H and O–H groups in total. The Morgan fingerprint density at radius 3 is 2.48 bits per heavy atom. The van der Waals surface area contributed by atoms with Crippen LogP contribution in [-0.4, -0.2) is 53.8 Å². The predicted octanol–water partition coefficient (Wildman–Crippen LogP) is 4.72. The van der Waals surface area contributed by atoms with E-state index in [4.69, 9.17) is 4.74 Å². The Hall–Kier alpha value is -2.45. The topological polar surface area (TPSA) is 78.5 Å². The summed E-state index contributed by atoms with van der Waals surface area (Å²) in [5.74, 6) is 3.14. The fraction of sp³-hybridized carbons (Fsp3) is 0.520. The van der Waals surface area contributed by atoms with Crippen molar-refractivity contribution in [1.82, 2.24) is 10.3 Å². The fourth-order valence-corrected chi connectivity index (χ4v) is 6.05. The summed E-state index contributed by atoms with van der Waals surface area (Å²) in [5, 5.41) is 9.55. The van der Waals surface area contributed by atoms with E-state index in [-0.39, 0.29) is 12.1 Å². The highest BCUT2D eigenvalue weighted by Crippen LogP contribution is 2.25. The summed E-state index contributed by atoms with van der Waals surface area (Å²) in [6, 6.07) is 12.7. The van der Waals surface area contributed by atoms with Crippen molar-refractivity contribution in [2.75, 3.05) is 40.1 Å². The van der Waals surface area contributed by atoms with E-state index in [1.54, 1.807) is 6.20 Å². The van der Waals surface area contributed by atoms with Gasteiger partial charge in [-0.1, -0.05) is 0 Å². The summed E-state index contributed by atoms with van der Waals surface area (Å²) in [4.78, 5) is 19.1. The molecule has 1 aromatic carbocycles. The van der Waals surface area contributed by atoms with E-state index in [0.717, 1.165) is 31.6 Å².